The van der Waals surface area contributed by atoms with Crippen molar-refractivity contribution in [3.05, 3.63) is 24.3 Å². The van der Waals surface area contributed by atoms with Crippen LogP contribution in [0.5, 0.6) is 0 Å². The molecule has 1 amide bonds. The van der Waals surface area contributed by atoms with Crippen molar-refractivity contribution < 1.29 is 4.79 Å². The van der Waals surface area contributed by atoms with Crippen LogP contribution in [0.25, 0.3) is 0 Å². The number of carbonyl (C=O) groups excluding carboxylic acids is 1. The van der Waals surface area contributed by atoms with Crippen molar-refractivity contribution in [3.8, 4) is 0 Å². The molecule has 1 aromatic rings. The van der Waals surface area contributed by atoms with Crippen LogP contribution in [-0.2, 0) is 4.79 Å². The summed E-state index contributed by atoms with van der Waals surface area (Å²) in [4.78, 5) is 14.4. The van der Waals surface area contributed by atoms with Crippen LogP contribution < -0.4 is 10.6 Å². The molecular formula is C15H22N2O. The lowest BCUT2D eigenvalue weighted by molar-refractivity contribution is -0.123. The molecule has 0 unspecified atom stereocenters. The van der Waals surface area contributed by atoms with Crippen LogP contribution in [0.3, 0.4) is 0 Å². The van der Waals surface area contributed by atoms with E-state index in [2.05, 4.69) is 0 Å². The van der Waals surface area contributed by atoms with E-state index in [1.54, 1.807) is 0 Å². The Morgan fingerprint density at radius 2 is 1.94 bits per heavy atom. The summed E-state index contributed by atoms with van der Waals surface area (Å²) < 4.78 is 0. The van der Waals surface area contributed by atoms with E-state index in [1.165, 1.54) is 19.3 Å². The molecule has 0 saturated heterocycles. The van der Waals surface area contributed by atoms with Gasteiger partial charge in [0, 0.05) is 12.5 Å². The monoisotopic (exact) mass is 246 g/mol. The first-order valence-corrected chi connectivity index (χ1v) is 6.90. The van der Waals surface area contributed by atoms with Crippen molar-refractivity contribution in [2.45, 2.75) is 39.0 Å². The van der Waals surface area contributed by atoms with Crippen LogP contribution in [0.4, 0.5) is 11.4 Å². The molecule has 0 heterocycles. The summed E-state index contributed by atoms with van der Waals surface area (Å²) in [6.07, 6.45) is 5.68. The highest BCUT2D eigenvalue weighted by Crippen LogP contribution is 2.29. The second-order valence-corrected chi connectivity index (χ2v) is 4.98. The molecule has 0 radical (unpaired) electrons. The average molecular weight is 246 g/mol. The van der Waals surface area contributed by atoms with E-state index in [1.807, 2.05) is 36.1 Å². The van der Waals surface area contributed by atoms with Gasteiger partial charge in [0.25, 0.3) is 0 Å². The minimum Gasteiger partial charge on any atom is -0.397 e. The zero-order chi connectivity index (χ0) is 13.0. The van der Waals surface area contributed by atoms with Crippen LogP contribution in [0.2, 0.25) is 0 Å². The Bertz CT molecular complexity index is 411. The topological polar surface area (TPSA) is 46.3 Å². The maximum absolute atomic E-state index is 12.6. The number of para-hydroxylation sites is 2. The predicted octanol–water partition coefficient (Wildman–Crippen LogP) is 3.20. The molecule has 1 saturated carbocycles. The molecule has 1 aliphatic carbocycles. The fourth-order valence-electron chi connectivity index (χ4n) is 2.75. The van der Waals surface area contributed by atoms with Crippen LogP contribution >= 0.6 is 0 Å². The van der Waals surface area contributed by atoms with Crippen LogP contribution in [0, 0.1) is 5.92 Å². The van der Waals surface area contributed by atoms with Gasteiger partial charge in [0.2, 0.25) is 5.91 Å². The van der Waals surface area contributed by atoms with Crippen LogP contribution in [0.15, 0.2) is 24.3 Å². The van der Waals surface area contributed by atoms with Crippen LogP contribution in [0.1, 0.15) is 39.0 Å². The van der Waals surface area contributed by atoms with E-state index < -0.39 is 0 Å². The Balaban J connectivity index is 2.17. The van der Waals surface area contributed by atoms with Crippen molar-refractivity contribution in [1.82, 2.24) is 0 Å². The third-order valence-corrected chi connectivity index (χ3v) is 3.76. The first-order chi connectivity index (χ1) is 8.74. The number of amides is 1. The lowest BCUT2D eigenvalue weighted by atomic mass is 9.88. The lowest BCUT2D eigenvalue weighted by Crippen LogP contribution is -2.37. The van der Waals surface area contributed by atoms with Crippen molar-refractivity contribution in [1.29, 1.82) is 0 Å². The molecule has 3 nitrogen and oxygen atoms in total. The Hall–Kier alpha value is -1.51. The molecule has 0 aliphatic heterocycles. The molecule has 2 N–H and O–H groups in total. The first-order valence-electron chi connectivity index (χ1n) is 6.90. The second kappa shape index (κ2) is 5.89. The highest BCUT2D eigenvalue weighted by atomic mass is 16.2. The lowest BCUT2D eigenvalue weighted by Gasteiger charge is -2.29. The van der Waals surface area contributed by atoms with Crippen molar-refractivity contribution in [2.24, 2.45) is 5.92 Å². The fourth-order valence-corrected chi connectivity index (χ4v) is 2.75. The number of nitrogens with two attached hydrogens (primary N) is 1. The van der Waals surface area contributed by atoms with Gasteiger partial charge in [0.15, 0.2) is 0 Å². The van der Waals surface area contributed by atoms with E-state index in [-0.39, 0.29) is 11.8 Å². The Labute approximate surface area is 109 Å². The van der Waals surface area contributed by atoms with Gasteiger partial charge in [-0.2, -0.15) is 0 Å². The number of hydrogen-bond donors (Lipinski definition) is 1. The van der Waals surface area contributed by atoms with Gasteiger partial charge >= 0.3 is 0 Å². The number of anilines is 2. The predicted molar refractivity (Wildman–Crippen MR) is 75.5 cm³/mol. The van der Waals surface area contributed by atoms with Gasteiger partial charge in [0.1, 0.15) is 0 Å². The summed E-state index contributed by atoms with van der Waals surface area (Å²) in [6.45, 7) is 2.69. The molecule has 18 heavy (non-hydrogen) atoms. The van der Waals surface area contributed by atoms with Gasteiger partial charge < -0.3 is 10.6 Å². The normalized spacial score (nSPS) is 16.5. The fraction of sp³-hybridized carbons (Fsp3) is 0.533. The van der Waals surface area contributed by atoms with E-state index in [0.717, 1.165) is 18.5 Å². The minimum atomic E-state index is 0.193. The maximum Gasteiger partial charge on any atom is 0.230 e. The first kappa shape index (κ1) is 12.9. The molecule has 98 valence electrons. The van der Waals surface area contributed by atoms with E-state index in [4.69, 9.17) is 5.73 Å². The summed E-state index contributed by atoms with van der Waals surface area (Å²) in [5.41, 5.74) is 7.51. The summed E-state index contributed by atoms with van der Waals surface area (Å²) in [6, 6.07) is 7.62. The van der Waals surface area contributed by atoms with Gasteiger partial charge in [0.05, 0.1) is 11.4 Å². The van der Waals surface area contributed by atoms with Crippen molar-refractivity contribution in [2.75, 3.05) is 17.2 Å². The summed E-state index contributed by atoms with van der Waals surface area (Å²) in [7, 11) is 0. The standard InChI is InChI=1S/C15H22N2O/c1-2-17(14-11-7-6-10-13(14)16)15(18)12-8-4-3-5-9-12/h6-7,10-12H,2-5,8-9,16H2,1H3. The highest BCUT2D eigenvalue weighted by Gasteiger charge is 2.26. The number of nitrogen functional groups attached to an aromatic ring is 1. The van der Waals surface area contributed by atoms with Crippen LogP contribution in [-0.4, -0.2) is 12.5 Å². The third-order valence-electron chi connectivity index (χ3n) is 3.76. The molecule has 0 aromatic heterocycles. The Morgan fingerprint density at radius 1 is 1.28 bits per heavy atom. The molecular weight excluding hydrogens is 224 g/mol. The minimum absolute atomic E-state index is 0.193. The number of rotatable bonds is 3. The molecule has 0 bridgehead atoms. The quantitative estimate of drug-likeness (QED) is 0.832. The van der Waals surface area contributed by atoms with Gasteiger partial charge in [-0.15, -0.1) is 0 Å². The zero-order valence-corrected chi connectivity index (χ0v) is 11.1. The number of hydrogen-bond acceptors (Lipinski definition) is 2. The largest absolute Gasteiger partial charge is 0.397 e. The van der Waals surface area contributed by atoms with Gasteiger partial charge in [-0.05, 0) is 31.9 Å². The Kier molecular flexibility index (Phi) is 4.24. The number of carbonyl (C=O) groups is 1. The Morgan fingerprint density at radius 3 is 2.56 bits per heavy atom. The molecule has 2 rings (SSSR count). The SMILES string of the molecule is CCN(C(=O)C1CCCCC1)c1ccccc1N. The van der Waals surface area contributed by atoms with E-state index in [9.17, 15) is 4.79 Å². The summed E-state index contributed by atoms with van der Waals surface area (Å²) >= 11 is 0. The smallest absolute Gasteiger partial charge is 0.230 e. The number of benzene rings is 1. The van der Waals surface area contributed by atoms with Gasteiger partial charge in [-0.25, -0.2) is 0 Å². The maximum atomic E-state index is 12.6. The van der Waals surface area contributed by atoms with Crippen molar-refractivity contribution in [3.63, 3.8) is 0 Å². The molecule has 3 heteroatoms. The van der Waals surface area contributed by atoms with E-state index in [0.29, 0.717) is 12.2 Å². The summed E-state index contributed by atoms with van der Waals surface area (Å²) in [5.74, 6) is 0.438. The number of nitrogens with zero attached hydrogens (tertiary/aromatic N) is 1. The van der Waals surface area contributed by atoms with E-state index >= 15 is 0 Å². The molecule has 1 aliphatic rings. The molecule has 0 spiro atoms. The van der Waals surface area contributed by atoms with Gasteiger partial charge in [-0.3, -0.25) is 4.79 Å². The second-order valence-electron chi connectivity index (χ2n) is 4.98. The third kappa shape index (κ3) is 2.66. The summed E-state index contributed by atoms with van der Waals surface area (Å²) in [5, 5.41) is 0. The molecule has 1 fully saturated rings. The molecule has 1 aromatic carbocycles. The average Bonchev–Trinajstić information content (AvgIpc) is 2.42. The molecule has 0 atom stereocenters. The van der Waals surface area contributed by atoms with Crippen molar-refractivity contribution >= 4 is 17.3 Å². The highest BCUT2D eigenvalue weighted by molar-refractivity contribution is 5.97. The zero-order valence-electron chi connectivity index (χ0n) is 11.1. The van der Waals surface area contributed by atoms with Gasteiger partial charge in [-0.1, -0.05) is 31.4 Å².